The molecule has 2 heterocycles. The second-order valence-corrected chi connectivity index (χ2v) is 9.93. The molecule has 0 unspecified atom stereocenters. The van der Waals surface area contributed by atoms with Crippen molar-refractivity contribution in [3.63, 3.8) is 0 Å². The molecule has 6 aromatic rings. The van der Waals surface area contributed by atoms with Crippen LogP contribution < -0.4 is 10.3 Å². The van der Waals surface area contributed by atoms with Crippen molar-refractivity contribution in [1.29, 1.82) is 0 Å². The van der Waals surface area contributed by atoms with Crippen LogP contribution in [0.1, 0.15) is 11.1 Å². The number of furan rings is 1. The summed E-state index contributed by atoms with van der Waals surface area (Å²) < 4.78 is 13.1. The minimum Gasteiger partial charge on any atom is -0.487 e. The van der Waals surface area contributed by atoms with E-state index in [2.05, 4.69) is 5.10 Å². The predicted octanol–water partition coefficient (Wildman–Crippen LogP) is 8.23. The Bertz CT molecular complexity index is 1950. The first-order valence-corrected chi connectivity index (χ1v) is 13.0. The van der Waals surface area contributed by atoms with Crippen LogP contribution in [0.3, 0.4) is 0 Å². The summed E-state index contributed by atoms with van der Waals surface area (Å²) in [7, 11) is 0. The maximum atomic E-state index is 13.5. The summed E-state index contributed by atoms with van der Waals surface area (Å²) in [5.74, 6) is 1.14. The van der Waals surface area contributed by atoms with Crippen LogP contribution in [0, 0.1) is 0 Å². The fourth-order valence-electron chi connectivity index (χ4n) is 4.12. The summed E-state index contributed by atoms with van der Waals surface area (Å²) in [5, 5.41) is 7.29. The Kier molecular flexibility index (Phi) is 6.83. The summed E-state index contributed by atoms with van der Waals surface area (Å²) in [4.78, 5) is 18.2. The first-order chi connectivity index (χ1) is 19.0. The molecule has 0 saturated heterocycles. The molecule has 0 saturated carbocycles. The van der Waals surface area contributed by atoms with Crippen molar-refractivity contribution in [1.82, 2.24) is 9.66 Å². The number of fused-ring (bicyclic) bond motifs is 2. The average molecular weight is 575 g/mol. The van der Waals surface area contributed by atoms with Crippen LogP contribution in [0.2, 0.25) is 15.1 Å². The van der Waals surface area contributed by atoms with Crippen molar-refractivity contribution in [3.8, 4) is 17.3 Å². The van der Waals surface area contributed by atoms with Gasteiger partial charge in [0.1, 0.15) is 17.9 Å². The Hall–Kier alpha value is -4.10. The second kappa shape index (κ2) is 10.6. The third-order valence-electron chi connectivity index (χ3n) is 6.07. The molecule has 2 aromatic heterocycles. The lowest BCUT2D eigenvalue weighted by Crippen LogP contribution is -2.20. The zero-order valence-corrected chi connectivity index (χ0v) is 22.4. The first-order valence-electron chi connectivity index (χ1n) is 11.9. The van der Waals surface area contributed by atoms with E-state index in [1.54, 1.807) is 66.7 Å². The molecule has 0 fully saturated rings. The standard InChI is InChI=1S/C30H18Cl3N3O3/c31-21-10-12-26-20(14-21)15-28(39-26)29-35-25-8-4-2-6-22(25)30(37)36(29)34-16-18-9-11-27(24(33)13-18)38-17-19-5-1-3-7-23(19)32/h1-16H,17H2. The highest BCUT2D eigenvalue weighted by molar-refractivity contribution is 6.32. The molecule has 6 rings (SSSR count). The number of hydrogen-bond donors (Lipinski definition) is 0. The molecule has 192 valence electrons. The van der Waals surface area contributed by atoms with Crippen LogP contribution in [0.4, 0.5) is 0 Å². The number of halogens is 3. The molecule has 0 aliphatic heterocycles. The van der Waals surface area contributed by atoms with Crippen molar-refractivity contribution in [3.05, 3.63) is 128 Å². The highest BCUT2D eigenvalue weighted by Gasteiger charge is 2.16. The van der Waals surface area contributed by atoms with Crippen LogP contribution in [-0.2, 0) is 6.61 Å². The molecule has 9 heteroatoms. The Morgan fingerprint density at radius 2 is 1.72 bits per heavy atom. The van der Waals surface area contributed by atoms with E-state index in [1.165, 1.54) is 10.9 Å². The van der Waals surface area contributed by atoms with Crippen LogP contribution in [0.25, 0.3) is 33.5 Å². The lowest BCUT2D eigenvalue weighted by Gasteiger charge is -2.10. The lowest BCUT2D eigenvalue weighted by molar-refractivity contribution is 0.306. The number of aromatic nitrogens is 2. The van der Waals surface area contributed by atoms with Gasteiger partial charge >= 0.3 is 0 Å². The Labute approximate surface area is 237 Å². The summed E-state index contributed by atoms with van der Waals surface area (Å²) in [6.07, 6.45) is 1.53. The molecule has 0 aliphatic carbocycles. The van der Waals surface area contributed by atoms with Gasteiger partial charge in [-0.2, -0.15) is 9.78 Å². The zero-order valence-electron chi connectivity index (χ0n) is 20.1. The maximum absolute atomic E-state index is 13.5. The Morgan fingerprint density at radius 3 is 2.56 bits per heavy atom. The molecule has 0 amide bonds. The minimum atomic E-state index is -0.337. The topological polar surface area (TPSA) is 69.6 Å². The third-order valence-corrected chi connectivity index (χ3v) is 6.97. The second-order valence-electron chi connectivity index (χ2n) is 8.68. The number of ether oxygens (including phenoxy) is 1. The van der Waals surface area contributed by atoms with Gasteiger partial charge in [-0.05, 0) is 66.2 Å². The fraction of sp³-hybridized carbons (Fsp3) is 0.0333. The number of benzene rings is 4. The predicted molar refractivity (Wildman–Crippen MR) is 156 cm³/mol. The highest BCUT2D eigenvalue weighted by atomic mass is 35.5. The molecule has 6 nitrogen and oxygen atoms in total. The van der Waals surface area contributed by atoms with E-state index < -0.39 is 0 Å². The van der Waals surface area contributed by atoms with Crippen molar-refractivity contribution >= 4 is 62.9 Å². The van der Waals surface area contributed by atoms with Crippen LogP contribution in [0.15, 0.2) is 105 Å². The zero-order chi connectivity index (χ0) is 26.9. The molecule has 4 aromatic carbocycles. The summed E-state index contributed by atoms with van der Waals surface area (Å²) in [5.41, 5.74) is 2.32. The van der Waals surface area contributed by atoms with Gasteiger partial charge in [0.2, 0.25) is 5.82 Å². The molecule has 0 bridgehead atoms. The number of hydrogen-bond acceptors (Lipinski definition) is 5. The van der Waals surface area contributed by atoms with Gasteiger partial charge in [-0.1, -0.05) is 65.1 Å². The van der Waals surface area contributed by atoms with E-state index in [1.807, 2.05) is 24.3 Å². The van der Waals surface area contributed by atoms with Crippen molar-refractivity contribution in [2.75, 3.05) is 0 Å². The lowest BCUT2D eigenvalue weighted by atomic mass is 10.2. The van der Waals surface area contributed by atoms with E-state index in [0.717, 1.165) is 10.9 Å². The van der Waals surface area contributed by atoms with Crippen molar-refractivity contribution < 1.29 is 9.15 Å². The van der Waals surface area contributed by atoms with Gasteiger partial charge in [-0.25, -0.2) is 4.98 Å². The van der Waals surface area contributed by atoms with Crippen LogP contribution in [-0.4, -0.2) is 15.9 Å². The molecular weight excluding hydrogens is 557 g/mol. The van der Waals surface area contributed by atoms with Crippen molar-refractivity contribution in [2.45, 2.75) is 6.61 Å². The van der Waals surface area contributed by atoms with E-state index >= 15 is 0 Å². The Balaban J connectivity index is 1.36. The van der Waals surface area contributed by atoms with Crippen LogP contribution >= 0.6 is 34.8 Å². The SMILES string of the molecule is O=c1c2ccccc2nc(-c2cc3cc(Cl)ccc3o2)n1N=Cc1ccc(OCc2ccccc2Cl)c(Cl)c1. The van der Waals surface area contributed by atoms with Crippen molar-refractivity contribution in [2.24, 2.45) is 5.10 Å². The molecule has 0 radical (unpaired) electrons. The molecule has 0 atom stereocenters. The van der Waals surface area contributed by atoms with E-state index in [-0.39, 0.29) is 18.0 Å². The Morgan fingerprint density at radius 1 is 0.897 bits per heavy atom. The molecule has 39 heavy (non-hydrogen) atoms. The average Bonchev–Trinajstić information content (AvgIpc) is 3.36. The monoisotopic (exact) mass is 573 g/mol. The van der Waals surface area contributed by atoms with Gasteiger partial charge in [0.05, 0.1) is 22.1 Å². The molecule has 0 spiro atoms. The quantitative estimate of drug-likeness (QED) is 0.188. The molecular formula is C30H18Cl3N3O3. The van der Waals surface area contributed by atoms with Gasteiger partial charge in [0, 0.05) is 21.0 Å². The summed E-state index contributed by atoms with van der Waals surface area (Å²) in [6, 6.07) is 26.8. The third kappa shape index (κ3) is 5.14. The first kappa shape index (κ1) is 25.2. The van der Waals surface area contributed by atoms with E-state index in [0.29, 0.717) is 48.6 Å². The summed E-state index contributed by atoms with van der Waals surface area (Å²) >= 11 is 18.8. The van der Waals surface area contributed by atoms with Gasteiger partial charge in [0.15, 0.2) is 5.76 Å². The fourth-order valence-corrected chi connectivity index (χ4v) is 4.74. The number of rotatable bonds is 6. The molecule has 0 N–H and O–H groups in total. The number of nitrogens with zero attached hydrogens (tertiary/aromatic N) is 3. The van der Waals surface area contributed by atoms with E-state index in [9.17, 15) is 4.79 Å². The normalized spacial score (nSPS) is 11.6. The smallest absolute Gasteiger partial charge is 0.282 e. The maximum Gasteiger partial charge on any atom is 0.282 e. The van der Waals surface area contributed by atoms with Gasteiger partial charge < -0.3 is 9.15 Å². The minimum absolute atomic E-state index is 0.257. The molecule has 0 aliphatic rings. The van der Waals surface area contributed by atoms with Gasteiger partial charge in [-0.3, -0.25) is 4.79 Å². The van der Waals surface area contributed by atoms with E-state index in [4.69, 9.17) is 48.9 Å². The van der Waals surface area contributed by atoms with Gasteiger partial charge in [0.25, 0.3) is 5.56 Å². The van der Waals surface area contributed by atoms with Gasteiger partial charge in [-0.15, -0.1) is 0 Å². The highest BCUT2D eigenvalue weighted by Crippen LogP contribution is 2.30. The number of para-hydroxylation sites is 1. The van der Waals surface area contributed by atoms with Crippen LogP contribution in [0.5, 0.6) is 5.75 Å². The largest absolute Gasteiger partial charge is 0.487 e. The summed E-state index contributed by atoms with van der Waals surface area (Å²) in [6.45, 7) is 0.275.